The lowest BCUT2D eigenvalue weighted by molar-refractivity contribution is -0.0676. The van der Waals surface area contributed by atoms with Crippen molar-refractivity contribution in [2.75, 3.05) is 0 Å². The van der Waals surface area contributed by atoms with Gasteiger partial charge in [-0.3, -0.25) is 9.69 Å². The summed E-state index contributed by atoms with van der Waals surface area (Å²) in [6.07, 6.45) is 1.62. The fourth-order valence-electron chi connectivity index (χ4n) is 4.16. The van der Waals surface area contributed by atoms with Crippen molar-refractivity contribution in [1.29, 1.82) is 0 Å². The molecular formula is C23H19N3O2. The van der Waals surface area contributed by atoms with Crippen LogP contribution in [-0.4, -0.2) is 25.9 Å². The number of amides is 1. The van der Waals surface area contributed by atoms with Gasteiger partial charge in [-0.2, -0.15) is 0 Å². The lowest BCUT2D eigenvalue weighted by atomic mass is 9.92. The van der Waals surface area contributed by atoms with Crippen LogP contribution in [0.15, 0.2) is 79.1 Å². The number of nitrogens with one attached hydrogen (secondary N) is 1. The summed E-state index contributed by atoms with van der Waals surface area (Å²) in [5, 5.41) is 12.0. The minimum Gasteiger partial charge on any atom is -0.363 e. The van der Waals surface area contributed by atoms with Crippen LogP contribution in [0.25, 0.3) is 11.0 Å². The quantitative estimate of drug-likeness (QED) is 0.574. The third-order valence-electron chi connectivity index (χ3n) is 5.59. The monoisotopic (exact) mass is 369 g/mol. The third kappa shape index (κ3) is 2.23. The van der Waals surface area contributed by atoms with Crippen molar-refractivity contribution < 1.29 is 9.90 Å². The van der Waals surface area contributed by atoms with Crippen molar-refractivity contribution in [2.24, 2.45) is 0 Å². The Balaban J connectivity index is 1.74. The normalized spacial score (nSPS) is 19.8. The molecule has 3 aromatic carbocycles. The Labute approximate surface area is 162 Å². The van der Waals surface area contributed by atoms with Gasteiger partial charge in [0.2, 0.25) is 0 Å². The highest BCUT2D eigenvalue weighted by Gasteiger charge is 2.51. The van der Waals surface area contributed by atoms with Gasteiger partial charge in [-0.25, -0.2) is 4.98 Å². The standard InChI is InChI=1S/C23H19N3O2/c1-15(16-7-3-2-4-8-16)26-22(27)18-9-5-6-10-19(18)23(26,28)17-11-12-20-21(13-17)25-14-24-20/h2-15,28H,1H3,(H,24,25)/t15-,23?/m0/s1. The number of benzene rings is 3. The number of carbonyl (C=O) groups excluding carboxylic acids is 1. The second kappa shape index (κ2) is 6.04. The number of aliphatic hydroxyl groups is 1. The molecule has 2 heterocycles. The summed E-state index contributed by atoms with van der Waals surface area (Å²) in [6, 6.07) is 22.3. The molecule has 2 atom stereocenters. The minimum atomic E-state index is -1.57. The van der Waals surface area contributed by atoms with Crippen molar-refractivity contribution >= 4 is 16.9 Å². The highest BCUT2D eigenvalue weighted by molar-refractivity contribution is 6.00. The van der Waals surface area contributed by atoms with Crippen LogP contribution in [0.3, 0.4) is 0 Å². The van der Waals surface area contributed by atoms with Crippen molar-refractivity contribution in [1.82, 2.24) is 14.9 Å². The summed E-state index contributed by atoms with van der Waals surface area (Å²) < 4.78 is 0. The van der Waals surface area contributed by atoms with E-state index in [-0.39, 0.29) is 11.9 Å². The maximum Gasteiger partial charge on any atom is 0.257 e. The van der Waals surface area contributed by atoms with Gasteiger partial charge in [0.1, 0.15) is 0 Å². The zero-order valence-corrected chi connectivity index (χ0v) is 15.3. The molecule has 138 valence electrons. The molecule has 0 saturated heterocycles. The third-order valence-corrected chi connectivity index (χ3v) is 5.59. The first-order valence-electron chi connectivity index (χ1n) is 9.25. The van der Waals surface area contributed by atoms with Crippen molar-refractivity contribution in [3.05, 3.63) is 101 Å². The van der Waals surface area contributed by atoms with Gasteiger partial charge < -0.3 is 10.1 Å². The van der Waals surface area contributed by atoms with Crippen molar-refractivity contribution in [3.63, 3.8) is 0 Å². The molecule has 1 unspecified atom stereocenters. The number of imidazole rings is 1. The van der Waals surface area contributed by atoms with E-state index in [2.05, 4.69) is 9.97 Å². The summed E-state index contributed by atoms with van der Waals surface area (Å²) in [4.78, 5) is 22.3. The van der Waals surface area contributed by atoms with Gasteiger partial charge in [0.25, 0.3) is 5.91 Å². The zero-order chi connectivity index (χ0) is 19.3. The Morgan fingerprint density at radius 2 is 1.79 bits per heavy atom. The number of hydrogen-bond donors (Lipinski definition) is 2. The van der Waals surface area contributed by atoms with E-state index in [1.54, 1.807) is 17.3 Å². The predicted octanol–water partition coefficient (Wildman–Crippen LogP) is 3.97. The molecule has 4 aromatic rings. The van der Waals surface area contributed by atoms with Crippen LogP contribution in [0.4, 0.5) is 0 Å². The van der Waals surface area contributed by atoms with E-state index in [1.165, 1.54) is 0 Å². The van der Waals surface area contributed by atoms with Crippen LogP contribution in [-0.2, 0) is 5.72 Å². The fourth-order valence-corrected chi connectivity index (χ4v) is 4.16. The second-order valence-corrected chi connectivity index (χ2v) is 7.11. The number of nitrogens with zero attached hydrogens (tertiary/aromatic N) is 2. The van der Waals surface area contributed by atoms with Crippen LogP contribution in [0, 0.1) is 0 Å². The molecule has 5 nitrogen and oxygen atoms in total. The van der Waals surface area contributed by atoms with Crippen molar-refractivity contribution in [3.8, 4) is 0 Å². The largest absolute Gasteiger partial charge is 0.363 e. The maximum atomic E-state index is 13.4. The lowest BCUT2D eigenvalue weighted by Crippen LogP contribution is -2.46. The first-order valence-corrected chi connectivity index (χ1v) is 9.25. The first kappa shape index (κ1) is 16.7. The summed E-state index contributed by atoms with van der Waals surface area (Å²) in [6.45, 7) is 1.94. The summed E-state index contributed by atoms with van der Waals surface area (Å²) in [7, 11) is 0. The first-order chi connectivity index (χ1) is 13.6. The molecule has 0 aliphatic carbocycles. The van der Waals surface area contributed by atoms with Gasteiger partial charge in [-0.1, -0.05) is 54.6 Å². The second-order valence-electron chi connectivity index (χ2n) is 7.11. The van der Waals surface area contributed by atoms with Crippen LogP contribution < -0.4 is 0 Å². The van der Waals surface area contributed by atoms with Crippen LogP contribution in [0.1, 0.15) is 40.0 Å². The molecule has 0 spiro atoms. The summed E-state index contributed by atoms with van der Waals surface area (Å²) in [5.74, 6) is -0.181. The zero-order valence-electron chi connectivity index (χ0n) is 15.3. The Morgan fingerprint density at radius 1 is 1.04 bits per heavy atom. The van der Waals surface area contributed by atoms with E-state index in [9.17, 15) is 9.90 Å². The van der Waals surface area contributed by atoms with Gasteiger partial charge in [0, 0.05) is 16.7 Å². The molecule has 0 bridgehead atoms. The number of H-pyrrole nitrogens is 1. The van der Waals surface area contributed by atoms with Gasteiger partial charge >= 0.3 is 0 Å². The molecule has 28 heavy (non-hydrogen) atoms. The number of hydrogen-bond acceptors (Lipinski definition) is 3. The highest BCUT2D eigenvalue weighted by Crippen LogP contribution is 2.46. The smallest absolute Gasteiger partial charge is 0.257 e. The number of fused-ring (bicyclic) bond motifs is 2. The van der Waals surface area contributed by atoms with Gasteiger partial charge in [0.05, 0.1) is 23.4 Å². The van der Waals surface area contributed by atoms with Gasteiger partial charge in [-0.15, -0.1) is 0 Å². The molecule has 5 rings (SSSR count). The average molecular weight is 369 g/mol. The van der Waals surface area contributed by atoms with Crippen molar-refractivity contribution in [2.45, 2.75) is 18.7 Å². The SMILES string of the molecule is C[C@@H](c1ccccc1)N1C(=O)c2ccccc2C1(O)c1ccc2nc[nH]c2c1. The van der Waals surface area contributed by atoms with E-state index >= 15 is 0 Å². The van der Waals surface area contributed by atoms with Gasteiger partial charge in [0.15, 0.2) is 5.72 Å². The van der Waals surface area contributed by atoms with Crippen LogP contribution >= 0.6 is 0 Å². The molecule has 1 aromatic heterocycles. The van der Waals surface area contributed by atoms with E-state index in [1.807, 2.05) is 73.7 Å². The molecule has 0 fully saturated rings. The number of carbonyl (C=O) groups is 1. The average Bonchev–Trinajstić information content (AvgIpc) is 3.30. The number of aromatic nitrogens is 2. The Bertz CT molecular complexity index is 1180. The molecular weight excluding hydrogens is 350 g/mol. The number of aromatic amines is 1. The highest BCUT2D eigenvalue weighted by atomic mass is 16.3. The van der Waals surface area contributed by atoms with Crippen LogP contribution in [0.5, 0.6) is 0 Å². The summed E-state index contributed by atoms with van der Waals surface area (Å²) in [5.41, 5.74) is 2.78. The molecule has 1 aliphatic rings. The topological polar surface area (TPSA) is 69.2 Å². The fraction of sp³-hybridized carbons (Fsp3) is 0.130. The minimum absolute atomic E-state index is 0.181. The van der Waals surface area contributed by atoms with Crippen LogP contribution in [0.2, 0.25) is 0 Å². The van der Waals surface area contributed by atoms with E-state index in [0.29, 0.717) is 16.7 Å². The predicted molar refractivity (Wildman–Crippen MR) is 107 cm³/mol. The lowest BCUT2D eigenvalue weighted by Gasteiger charge is -2.39. The Morgan fingerprint density at radius 3 is 2.61 bits per heavy atom. The molecule has 0 saturated carbocycles. The number of rotatable bonds is 3. The molecule has 1 aliphatic heterocycles. The van der Waals surface area contributed by atoms with E-state index < -0.39 is 5.72 Å². The van der Waals surface area contributed by atoms with Gasteiger partial charge in [-0.05, 0) is 30.7 Å². The van der Waals surface area contributed by atoms with E-state index in [4.69, 9.17) is 0 Å². The Kier molecular flexibility index (Phi) is 3.60. The molecule has 2 N–H and O–H groups in total. The maximum absolute atomic E-state index is 13.4. The van der Waals surface area contributed by atoms with E-state index in [0.717, 1.165) is 16.6 Å². The molecule has 0 radical (unpaired) electrons. The molecule has 1 amide bonds. The Hall–Kier alpha value is -3.44. The summed E-state index contributed by atoms with van der Waals surface area (Å²) >= 11 is 0. The molecule has 5 heteroatoms.